The Morgan fingerprint density at radius 3 is 2.59 bits per heavy atom. The van der Waals surface area contributed by atoms with Gasteiger partial charge in [0, 0.05) is 32.7 Å². The molecule has 27 heavy (non-hydrogen) atoms. The van der Waals surface area contributed by atoms with E-state index in [0.717, 1.165) is 44.9 Å². The van der Waals surface area contributed by atoms with Gasteiger partial charge in [-0.05, 0) is 49.9 Å². The lowest BCUT2D eigenvalue weighted by Crippen LogP contribution is -2.49. The van der Waals surface area contributed by atoms with Crippen LogP contribution in [-0.2, 0) is 11.2 Å². The molecule has 7 heteroatoms. The van der Waals surface area contributed by atoms with E-state index >= 15 is 0 Å². The number of rotatable bonds is 9. The number of amides is 1. The molecule has 0 radical (unpaired) electrons. The third kappa shape index (κ3) is 7.86. The van der Waals surface area contributed by atoms with Crippen LogP contribution in [-0.4, -0.2) is 62.6 Å². The average molecular weight is 376 g/mol. The first-order chi connectivity index (χ1) is 13.1. The fourth-order valence-corrected chi connectivity index (χ4v) is 3.24. The zero-order valence-corrected chi connectivity index (χ0v) is 16.5. The van der Waals surface area contributed by atoms with Crippen molar-refractivity contribution in [3.63, 3.8) is 0 Å². The Bertz CT molecular complexity index is 595. The van der Waals surface area contributed by atoms with Crippen LogP contribution in [0.5, 0.6) is 5.75 Å². The van der Waals surface area contributed by atoms with Crippen LogP contribution in [0.2, 0.25) is 0 Å². The van der Waals surface area contributed by atoms with Crippen molar-refractivity contribution in [1.82, 2.24) is 15.5 Å². The fraction of sp³-hybridized carbons (Fsp3) is 0.600. The normalized spacial score (nSPS) is 16.1. The Kier molecular flexibility index (Phi) is 8.91. The van der Waals surface area contributed by atoms with E-state index in [2.05, 4.69) is 27.4 Å². The van der Waals surface area contributed by atoms with Gasteiger partial charge in [0.1, 0.15) is 5.75 Å². The maximum atomic E-state index is 10.7. The molecule has 2 rings (SSSR count). The summed E-state index contributed by atoms with van der Waals surface area (Å²) in [6.45, 7) is 6.46. The molecule has 0 saturated carbocycles. The van der Waals surface area contributed by atoms with Gasteiger partial charge in [-0.25, -0.2) is 0 Å². The second kappa shape index (κ2) is 11.4. The summed E-state index contributed by atoms with van der Waals surface area (Å²) in [6.07, 6.45) is 4.42. The van der Waals surface area contributed by atoms with E-state index in [9.17, 15) is 4.79 Å². The van der Waals surface area contributed by atoms with E-state index < -0.39 is 5.91 Å². The van der Waals surface area contributed by atoms with Gasteiger partial charge in [0.05, 0.1) is 0 Å². The molecule has 150 valence electrons. The summed E-state index contributed by atoms with van der Waals surface area (Å²) in [5, 5.41) is 6.93. The lowest BCUT2D eigenvalue weighted by molar-refractivity contribution is -0.119. The molecular formula is C20H33N5O2. The maximum Gasteiger partial charge on any atom is 0.255 e. The van der Waals surface area contributed by atoms with Crippen molar-refractivity contribution in [3.8, 4) is 5.75 Å². The molecule has 1 aliphatic heterocycles. The number of nitrogens with two attached hydrogens (primary N) is 1. The highest BCUT2D eigenvalue weighted by atomic mass is 16.5. The number of hydrogen-bond acceptors (Lipinski definition) is 4. The molecule has 1 aromatic rings. The van der Waals surface area contributed by atoms with Gasteiger partial charge < -0.3 is 26.0 Å². The first kappa shape index (κ1) is 21.0. The van der Waals surface area contributed by atoms with E-state index in [0.29, 0.717) is 11.8 Å². The highest BCUT2D eigenvalue weighted by molar-refractivity contribution is 5.80. The molecule has 1 heterocycles. The minimum absolute atomic E-state index is 0.0970. The third-order valence-electron chi connectivity index (χ3n) is 4.70. The van der Waals surface area contributed by atoms with E-state index in [1.807, 2.05) is 31.3 Å². The summed E-state index contributed by atoms with van der Waals surface area (Å²) >= 11 is 0. The molecule has 0 bridgehead atoms. The molecule has 1 aliphatic rings. The average Bonchev–Trinajstić information content (AvgIpc) is 2.68. The molecule has 1 amide bonds. The van der Waals surface area contributed by atoms with Crippen molar-refractivity contribution in [2.75, 3.05) is 39.8 Å². The van der Waals surface area contributed by atoms with Gasteiger partial charge in [0.15, 0.2) is 12.6 Å². The predicted molar refractivity (Wildman–Crippen MR) is 109 cm³/mol. The van der Waals surface area contributed by atoms with Crippen LogP contribution < -0.4 is 21.1 Å². The molecule has 1 fully saturated rings. The summed E-state index contributed by atoms with van der Waals surface area (Å²) in [5.41, 5.74) is 6.26. The maximum absolute atomic E-state index is 10.7. The number of piperidine rings is 1. The van der Waals surface area contributed by atoms with Gasteiger partial charge in [-0.1, -0.05) is 19.1 Å². The summed E-state index contributed by atoms with van der Waals surface area (Å²) in [6, 6.07) is 8.20. The first-order valence-corrected chi connectivity index (χ1v) is 9.80. The van der Waals surface area contributed by atoms with Crippen LogP contribution in [0, 0.1) is 0 Å². The molecular weight excluding hydrogens is 342 g/mol. The zero-order chi connectivity index (χ0) is 19.5. The van der Waals surface area contributed by atoms with Gasteiger partial charge in [-0.3, -0.25) is 9.79 Å². The van der Waals surface area contributed by atoms with Crippen molar-refractivity contribution in [1.29, 1.82) is 0 Å². The molecule has 7 nitrogen and oxygen atoms in total. The minimum atomic E-state index is -0.474. The Morgan fingerprint density at radius 2 is 2.00 bits per heavy atom. The number of guanidine groups is 1. The first-order valence-electron chi connectivity index (χ1n) is 9.80. The lowest BCUT2D eigenvalue weighted by Gasteiger charge is -2.32. The van der Waals surface area contributed by atoms with Gasteiger partial charge in [-0.2, -0.15) is 0 Å². The topological polar surface area (TPSA) is 92.0 Å². The molecule has 0 unspecified atom stereocenters. The van der Waals surface area contributed by atoms with Crippen LogP contribution in [0.1, 0.15) is 31.7 Å². The van der Waals surface area contributed by atoms with Crippen molar-refractivity contribution in [2.24, 2.45) is 10.7 Å². The second-order valence-electron chi connectivity index (χ2n) is 6.91. The number of likely N-dealkylation sites (tertiary alicyclic amines) is 1. The van der Waals surface area contributed by atoms with Crippen molar-refractivity contribution in [2.45, 2.75) is 38.6 Å². The van der Waals surface area contributed by atoms with E-state index in [-0.39, 0.29) is 6.61 Å². The molecule has 1 saturated heterocycles. The fourth-order valence-electron chi connectivity index (χ4n) is 3.24. The number of ether oxygens (including phenoxy) is 1. The Morgan fingerprint density at radius 1 is 1.30 bits per heavy atom. The van der Waals surface area contributed by atoms with Crippen molar-refractivity contribution < 1.29 is 9.53 Å². The molecule has 0 aromatic heterocycles. The smallest absolute Gasteiger partial charge is 0.255 e. The third-order valence-corrected chi connectivity index (χ3v) is 4.70. The van der Waals surface area contributed by atoms with Gasteiger partial charge in [0.2, 0.25) is 0 Å². The molecule has 0 aliphatic carbocycles. The molecule has 0 atom stereocenters. The van der Waals surface area contributed by atoms with Crippen LogP contribution in [0.25, 0.3) is 0 Å². The number of nitrogens with zero attached hydrogens (tertiary/aromatic N) is 2. The quantitative estimate of drug-likeness (QED) is 0.445. The Hall–Kier alpha value is -2.28. The van der Waals surface area contributed by atoms with E-state index in [1.54, 1.807) is 0 Å². The number of hydrogen-bond donors (Lipinski definition) is 3. The van der Waals surface area contributed by atoms with Crippen molar-refractivity contribution >= 4 is 11.9 Å². The minimum Gasteiger partial charge on any atom is -0.484 e. The number of carbonyl (C=O) groups is 1. The largest absolute Gasteiger partial charge is 0.484 e. The SMILES string of the molecule is CCCN1CCC(NC(=NC)NCCc2ccc(OCC(N)=O)cc2)CC1. The summed E-state index contributed by atoms with van der Waals surface area (Å²) in [5.74, 6) is 1.04. The lowest BCUT2D eigenvalue weighted by atomic mass is 10.1. The number of aliphatic imine (C=N–C) groups is 1. The predicted octanol–water partition coefficient (Wildman–Crippen LogP) is 1.13. The monoisotopic (exact) mass is 375 g/mol. The van der Waals surface area contributed by atoms with E-state index in [4.69, 9.17) is 10.5 Å². The van der Waals surface area contributed by atoms with Crippen LogP contribution in [0.4, 0.5) is 0 Å². The Labute approximate surface area is 162 Å². The Balaban J connectivity index is 1.68. The number of primary amides is 1. The summed E-state index contributed by atoms with van der Waals surface area (Å²) in [4.78, 5) is 17.6. The van der Waals surface area contributed by atoms with E-state index in [1.165, 1.54) is 18.5 Å². The highest BCUT2D eigenvalue weighted by Gasteiger charge is 2.19. The molecule has 4 N–H and O–H groups in total. The zero-order valence-electron chi connectivity index (χ0n) is 16.5. The number of nitrogens with one attached hydrogen (secondary N) is 2. The summed E-state index contributed by atoms with van der Waals surface area (Å²) < 4.78 is 5.27. The molecule has 0 spiro atoms. The van der Waals surface area contributed by atoms with Crippen LogP contribution in [0.3, 0.4) is 0 Å². The van der Waals surface area contributed by atoms with Crippen LogP contribution in [0.15, 0.2) is 29.3 Å². The standard InChI is InChI=1S/C20H33N5O2/c1-3-12-25-13-9-17(10-14-25)24-20(22-2)23-11-8-16-4-6-18(7-5-16)27-15-19(21)26/h4-7,17H,3,8-15H2,1-2H3,(H2,21,26)(H2,22,23,24). The number of benzene rings is 1. The molecule has 1 aromatic carbocycles. The van der Waals surface area contributed by atoms with Gasteiger partial charge >= 0.3 is 0 Å². The van der Waals surface area contributed by atoms with Gasteiger partial charge in [-0.15, -0.1) is 0 Å². The second-order valence-corrected chi connectivity index (χ2v) is 6.91. The summed E-state index contributed by atoms with van der Waals surface area (Å²) in [7, 11) is 1.81. The number of carbonyl (C=O) groups excluding carboxylic acids is 1. The van der Waals surface area contributed by atoms with Crippen LogP contribution >= 0.6 is 0 Å². The highest BCUT2D eigenvalue weighted by Crippen LogP contribution is 2.12. The van der Waals surface area contributed by atoms with Gasteiger partial charge in [0.25, 0.3) is 5.91 Å². The van der Waals surface area contributed by atoms with Crippen molar-refractivity contribution in [3.05, 3.63) is 29.8 Å².